The number of nitrogens with zero attached hydrogens (tertiary/aromatic N) is 1. The van der Waals surface area contributed by atoms with Gasteiger partial charge in [-0.3, -0.25) is 4.79 Å². The van der Waals surface area contributed by atoms with Crippen LogP contribution < -0.4 is 5.73 Å². The van der Waals surface area contributed by atoms with Gasteiger partial charge in [-0.05, 0) is 30.9 Å². The Kier molecular flexibility index (Phi) is 7.02. The number of carboxylic acids is 1. The van der Waals surface area contributed by atoms with Gasteiger partial charge in [-0.1, -0.05) is 18.2 Å². The fourth-order valence-electron chi connectivity index (χ4n) is 2.17. The molecule has 0 radical (unpaired) electrons. The van der Waals surface area contributed by atoms with E-state index < -0.39 is 12.1 Å². The molecule has 1 fully saturated rings. The average molecular weight is 332 g/mol. The minimum Gasteiger partial charge on any atom is -0.475 e. The van der Waals surface area contributed by atoms with E-state index in [1.54, 1.807) is 0 Å². The molecule has 0 spiro atoms. The standard InChI is InChI=1S/C13H18N2O.C2HF3O2/c14-10-11-6-2-3-7-12(11)13(16)15-8-4-1-5-9-15;3-2(4,5)1(6)7/h2-3,6-7H,1,4-5,8-10,14H2;(H,6,7). The highest BCUT2D eigenvalue weighted by Crippen LogP contribution is 2.16. The normalized spacial score (nSPS) is 14.7. The molecule has 1 saturated heterocycles. The molecule has 0 aliphatic carbocycles. The number of piperidine rings is 1. The van der Waals surface area contributed by atoms with Crippen LogP contribution in [0, 0.1) is 0 Å². The molecule has 5 nitrogen and oxygen atoms in total. The molecule has 3 N–H and O–H groups in total. The molecule has 2 rings (SSSR count). The average Bonchev–Trinajstić information content (AvgIpc) is 2.54. The van der Waals surface area contributed by atoms with Crippen LogP contribution in [0.2, 0.25) is 0 Å². The number of hydrogen-bond donors (Lipinski definition) is 2. The van der Waals surface area contributed by atoms with Crippen LogP contribution in [0.15, 0.2) is 24.3 Å². The number of benzene rings is 1. The third kappa shape index (κ3) is 5.90. The summed E-state index contributed by atoms with van der Waals surface area (Å²) in [5.41, 5.74) is 7.36. The summed E-state index contributed by atoms with van der Waals surface area (Å²) >= 11 is 0. The number of hydrogen-bond acceptors (Lipinski definition) is 3. The first-order valence-corrected chi connectivity index (χ1v) is 7.14. The molecule has 1 aliphatic rings. The lowest BCUT2D eigenvalue weighted by molar-refractivity contribution is -0.192. The number of aliphatic carboxylic acids is 1. The lowest BCUT2D eigenvalue weighted by atomic mass is 10.0. The Morgan fingerprint density at radius 2 is 1.65 bits per heavy atom. The van der Waals surface area contributed by atoms with Crippen LogP contribution in [0.3, 0.4) is 0 Å². The van der Waals surface area contributed by atoms with Crippen LogP contribution in [0.4, 0.5) is 13.2 Å². The van der Waals surface area contributed by atoms with E-state index in [9.17, 15) is 18.0 Å². The fraction of sp³-hybridized carbons (Fsp3) is 0.467. The molecule has 0 unspecified atom stereocenters. The topological polar surface area (TPSA) is 83.6 Å². The first-order chi connectivity index (χ1) is 10.8. The fourth-order valence-corrected chi connectivity index (χ4v) is 2.17. The molecule has 8 heteroatoms. The molecule has 1 heterocycles. The molecule has 0 saturated carbocycles. The SMILES string of the molecule is NCc1ccccc1C(=O)N1CCCCC1.O=C(O)C(F)(F)F. The maximum absolute atomic E-state index is 12.2. The van der Waals surface area contributed by atoms with Gasteiger partial charge in [0, 0.05) is 25.2 Å². The second-order valence-corrected chi connectivity index (χ2v) is 5.02. The van der Waals surface area contributed by atoms with Gasteiger partial charge in [0.05, 0.1) is 0 Å². The predicted octanol–water partition coefficient (Wildman–Crippen LogP) is 2.40. The van der Waals surface area contributed by atoms with Crippen molar-refractivity contribution in [1.29, 1.82) is 0 Å². The van der Waals surface area contributed by atoms with Crippen LogP contribution >= 0.6 is 0 Å². The van der Waals surface area contributed by atoms with E-state index in [-0.39, 0.29) is 5.91 Å². The van der Waals surface area contributed by atoms with E-state index >= 15 is 0 Å². The largest absolute Gasteiger partial charge is 0.490 e. The van der Waals surface area contributed by atoms with Crippen molar-refractivity contribution >= 4 is 11.9 Å². The number of halogens is 3. The summed E-state index contributed by atoms with van der Waals surface area (Å²) in [6.45, 7) is 2.20. The van der Waals surface area contributed by atoms with E-state index in [0.29, 0.717) is 6.54 Å². The Hall–Kier alpha value is -2.09. The molecular formula is C15H19F3N2O3. The third-order valence-electron chi connectivity index (χ3n) is 3.35. The van der Waals surface area contributed by atoms with Gasteiger partial charge in [-0.15, -0.1) is 0 Å². The van der Waals surface area contributed by atoms with Crippen molar-refractivity contribution in [2.75, 3.05) is 13.1 Å². The van der Waals surface area contributed by atoms with Gasteiger partial charge in [0.15, 0.2) is 0 Å². The zero-order valence-electron chi connectivity index (χ0n) is 12.5. The van der Waals surface area contributed by atoms with Crippen LogP contribution in [-0.2, 0) is 11.3 Å². The molecule has 1 amide bonds. The quantitative estimate of drug-likeness (QED) is 0.871. The maximum atomic E-state index is 12.2. The summed E-state index contributed by atoms with van der Waals surface area (Å²) in [6, 6.07) is 7.63. The number of alkyl halides is 3. The number of likely N-dealkylation sites (tertiary alicyclic amines) is 1. The van der Waals surface area contributed by atoms with E-state index in [2.05, 4.69) is 0 Å². The summed E-state index contributed by atoms with van der Waals surface area (Å²) in [5.74, 6) is -2.62. The number of amides is 1. The minimum atomic E-state index is -5.08. The van der Waals surface area contributed by atoms with E-state index in [1.807, 2.05) is 29.2 Å². The number of carbonyl (C=O) groups excluding carboxylic acids is 1. The van der Waals surface area contributed by atoms with E-state index in [4.69, 9.17) is 15.6 Å². The summed E-state index contributed by atoms with van der Waals surface area (Å²) < 4.78 is 31.7. The zero-order chi connectivity index (χ0) is 17.5. The molecule has 0 bridgehead atoms. The number of carboxylic acid groups (broad SMARTS) is 1. The van der Waals surface area contributed by atoms with Crippen LogP contribution in [0.1, 0.15) is 35.2 Å². The van der Waals surface area contributed by atoms with Gasteiger partial charge in [0.2, 0.25) is 0 Å². The minimum absolute atomic E-state index is 0.140. The molecule has 128 valence electrons. The Morgan fingerprint density at radius 3 is 2.13 bits per heavy atom. The summed E-state index contributed by atoms with van der Waals surface area (Å²) in [6.07, 6.45) is -1.60. The smallest absolute Gasteiger partial charge is 0.475 e. The van der Waals surface area contributed by atoms with Gasteiger partial charge >= 0.3 is 12.1 Å². The number of carbonyl (C=O) groups is 2. The Balaban J connectivity index is 0.000000322. The molecular weight excluding hydrogens is 313 g/mol. The predicted molar refractivity (Wildman–Crippen MR) is 77.8 cm³/mol. The van der Waals surface area contributed by atoms with Crippen molar-refractivity contribution in [3.8, 4) is 0 Å². The van der Waals surface area contributed by atoms with Crippen molar-refractivity contribution in [2.45, 2.75) is 32.0 Å². The van der Waals surface area contributed by atoms with E-state index in [1.165, 1.54) is 6.42 Å². The highest BCUT2D eigenvalue weighted by Gasteiger charge is 2.38. The molecule has 1 aromatic rings. The first kappa shape index (κ1) is 19.0. The van der Waals surface area contributed by atoms with Crippen molar-refractivity contribution in [3.05, 3.63) is 35.4 Å². The molecule has 23 heavy (non-hydrogen) atoms. The molecule has 0 aromatic heterocycles. The zero-order valence-corrected chi connectivity index (χ0v) is 12.5. The van der Waals surface area contributed by atoms with Crippen molar-refractivity contribution < 1.29 is 27.9 Å². The number of nitrogens with two attached hydrogens (primary N) is 1. The summed E-state index contributed by atoms with van der Waals surface area (Å²) in [7, 11) is 0. The third-order valence-corrected chi connectivity index (χ3v) is 3.35. The van der Waals surface area contributed by atoms with Crippen molar-refractivity contribution in [1.82, 2.24) is 4.90 Å². The summed E-state index contributed by atoms with van der Waals surface area (Å²) in [5, 5.41) is 7.12. The lowest BCUT2D eigenvalue weighted by Gasteiger charge is -2.27. The van der Waals surface area contributed by atoms with Gasteiger partial charge in [0.25, 0.3) is 5.91 Å². The van der Waals surface area contributed by atoms with E-state index in [0.717, 1.165) is 37.1 Å². The van der Waals surface area contributed by atoms with Crippen molar-refractivity contribution in [3.63, 3.8) is 0 Å². The second kappa shape index (κ2) is 8.52. The monoisotopic (exact) mass is 332 g/mol. The summed E-state index contributed by atoms with van der Waals surface area (Å²) in [4.78, 5) is 23.1. The first-order valence-electron chi connectivity index (χ1n) is 7.14. The van der Waals surface area contributed by atoms with Gasteiger partial charge < -0.3 is 15.7 Å². The molecule has 1 aliphatic heterocycles. The van der Waals surface area contributed by atoms with Gasteiger partial charge in [0.1, 0.15) is 0 Å². The highest BCUT2D eigenvalue weighted by atomic mass is 19.4. The number of rotatable bonds is 2. The van der Waals surface area contributed by atoms with Gasteiger partial charge in [-0.2, -0.15) is 13.2 Å². The highest BCUT2D eigenvalue weighted by molar-refractivity contribution is 5.95. The van der Waals surface area contributed by atoms with Crippen LogP contribution in [-0.4, -0.2) is 41.1 Å². The van der Waals surface area contributed by atoms with Crippen molar-refractivity contribution in [2.24, 2.45) is 5.73 Å². The van der Waals surface area contributed by atoms with Gasteiger partial charge in [-0.25, -0.2) is 4.79 Å². The van der Waals surface area contributed by atoms with Crippen LogP contribution in [0.5, 0.6) is 0 Å². The molecule has 1 aromatic carbocycles. The van der Waals surface area contributed by atoms with Crippen LogP contribution in [0.25, 0.3) is 0 Å². The Bertz CT molecular complexity index is 541. The lowest BCUT2D eigenvalue weighted by Crippen LogP contribution is -2.36. The molecule has 0 atom stereocenters. The Morgan fingerprint density at radius 1 is 1.13 bits per heavy atom. The Labute approximate surface area is 131 Å². The second-order valence-electron chi connectivity index (χ2n) is 5.02. The maximum Gasteiger partial charge on any atom is 0.490 e.